The predicted molar refractivity (Wildman–Crippen MR) is 192 cm³/mol. The molecule has 0 amide bonds. The highest BCUT2D eigenvalue weighted by molar-refractivity contribution is 6.27. The highest BCUT2D eigenvalue weighted by Crippen LogP contribution is 2.48. The van der Waals surface area contributed by atoms with Crippen LogP contribution in [0.4, 0.5) is 0 Å². The first-order chi connectivity index (χ1) is 22.8. The van der Waals surface area contributed by atoms with Crippen LogP contribution >= 0.6 is 0 Å². The second-order valence-electron chi connectivity index (χ2n) is 12.0. The van der Waals surface area contributed by atoms with Crippen molar-refractivity contribution >= 4 is 65.4 Å². The molecule has 0 fully saturated rings. The van der Waals surface area contributed by atoms with Crippen molar-refractivity contribution in [3.05, 3.63) is 158 Å². The first-order valence-electron chi connectivity index (χ1n) is 15.7. The Morgan fingerprint density at radius 1 is 0.326 bits per heavy atom. The Balaban J connectivity index is 1.29. The van der Waals surface area contributed by atoms with Gasteiger partial charge < -0.3 is 8.83 Å². The van der Waals surface area contributed by atoms with E-state index >= 15 is 0 Å². The van der Waals surface area contributed by atoms with Crippen molar-refractivity contribution < 1.29 is 8.83 Å². The number of hydrogen-bond acceptors (Lipinski definition) is 2. The zero-order valence-corrected chi connectivity index (χ0v) is 24.8. The third-order valence-corrected chi connectivity index (χ3v) is 9.45. The van der Waals surface area contributed by atoms with Gasteiger partial charge in [-0.2, -0.15) is 0 Å². The summed E-state index contributed by atoms with van der Waals surface area (Å²) in [5, 5.41) is 9.30. The van der Waals surface area contributed by atoms with E-state index in [9.17, 15) is 0 Å². The van der Waals surface area contributed by atoms with Gasteiger partial charge >= 0.3 is 0 Å². The van der Waals surface area contributed by atoms with E-state index < -0.39 is 0 Å². The normalized spacial score (nSPS) is 11.9. The first kappa shape index (κ1) is 25.2. The van der Waals surface area contributed by atoms with Gasteiger partial charge in [0, 0.05) is 32.7 Å². The Kier molecular flexibility index (Phi) is 5.31. The molecule has 0 spiro atoms. The van der Waals surface area contributed by atoms with Gasteiger partial charge in [-0.25, -0.2) is 0 Å². The fourth-order valence-corrected chi connectivity index (χ4v) is 7.42. The number of fused-ring (bicyclic) bond motifs is 8. The lowest BCUT2D eigenvalue weighted by atomic mass is 9.87. The molecule has 10 aromatic rings. The summed E-state index contributed by atoms with van der Waals surface area (Å²) in [6, 6.07) is 55.9. The van der Waals surface area contributed by atoms with Gasteiger partial charge in [-0.15, -0.1) is 0 Å². The van der Waals surface area contributed by atoms with Gasteiger partial charge in [0.25, 0.3) is 0 Å². The Labute approximate surface area is 264 Å². The topological polar surface area (TPSA) is 26.3 Å². The molecule has 214 valence electrons. The Hall–Kier alpha value is -6.12. The third-order valence-electron chi connectivity index (χ3n) is 9.45. The number of para-hydroxylation sites is 1. The molecule has 8 aromatic carbocycles. The lowest BCUT2D eigenvalue weighted by Gasteiger charge is -2.15. The van der Waals surface area contributed by atoms with Gasteiger partial charge in [0.1, 0.15) is 22.3 Å². The quantitative estimate of drug-likeness (QED) is 0.206. The van der Waals surface area contributed by atoms with Crippen LogP contribution in [0.2, 0.25) is 0 Å². The average Bonchev–Trinajstić information content (AvgIpc) is 3.69. The molecule has 0 bridgehead atoms. The minimum Gasteiger partial charge on any atom is -0.456 e. The molecule has 2 aromatic heterocycles. The number of furan rings is 2. The largest absolute Gasteiger partial charge is 0.456 e. The van der Waals surface area contributed by atoms with Crippen molar-refractivity contribution in [3.63, 3.8) is 0 Å². The molecule has 10 rings (SSSR count). The highest BCUT2D eigenvalue weighted by Gasteiger charge is 2.23. The summed E-state index contributed by atoms with van der Waals surface area (Å²) in [6.07, 6.45) is 0. The van der Waals surface area contributed by atoms with Crippen LogP contribution in [0.3, 0.4) is 0 Å². The molecule has 0 aliphatic heterocycles. The maximum Gasteiger partial charge on any atom is 0.144 e. The molecule has 2 heteroatoms. The highest BCUT2D eigenvalue weighted by atomic mass is 16.3. The molecular weight excluding hydrogens is 560 g/mol. The van der Waals surface area contributed by atoms with Crippen molar-refractivity contribution in [1.29, 1.82) is 0 Å². The smallest absolute Gasteiger partial charge is 0.144 e. The standard InChI is InChI=1S/C44H26O2/c1-2-12-28(13-3-1)32-18-10-20-38-42(32)36-24-23-31(26-39(36)45-38)41-34-16-7-6-15-33(34)40(30-22-21-27-11-4-5-14-29(27)25-30)43-35-17-8-9-19-37(35)46-44(41)43/h1-26H. The lowest BCUT2D eigenvalue weighted by molar-refractivity contribution is 0.668. The van der Waals surface area contributed by atoms with E-state index in [4.69, 9.17) is 8.83 Å². The second kappa shape index (κ2) is 9.69. The van der Waals surface area contributed by atoms with Gasteiger partial charge in [-0.1, -0.05) is 127 Å². The summed E-state index contributed by atoms with van der Waals surface area (Å²) >= 11 is 0. The van der Waals surface area contributed by atoms with Crippen molar-refractivity contribution in [2.24, 2.45) is 0 Å². The Morgan fingerprint density at radius 3 is 1.85 bits per heavy atom. The number of benzene rings is 8. The fourth-order valence-electron chi connectivity index (χ4n) is 7.42. The number of hydrogen-bond donors (Lipinski definition) is 0. The van der Waals surface area contributed by atoms with E-state index in [1.165, 1.54) is 38.4 Å². The van der Waals surface area contributed by atoms with Crippen molar-refractivity contribution in [3.8, 4) is 33.4 Å². The van der Waals surface area contributed by atoms with Crippen LogP contribution in [0.5, 0.6) is 0 Å². The molecule has 0 saturated carbocycles. The summed E-state index contributed by atoms with van der Waals surface area (Å²) in [5.74, 6) is 0. The van der Waals surface area contributed by atoms with E-state index in [2.05, 4.69) is 152 Å². The van der Waals surface area contributed by atoms with Gasteiger partial charge in [-0.3, -0.25) is 0 Å². The Bertz CT molecular complexity index is 2800. The zero-order valence-electron chi connectivity index (χ0n) is 24.8. The molecular formula is C44H26O2. The van der Waals surface area contributed by atoms with Crippen LogP contribution in [0, 0.1) is 0 Å². The summed E-state index contributed by atoms with van der Waals surface area (Å²) in [7, 11) is 0. The molecule has 2 nitrogen and oxygen atoms in total. The van der Waals surface area contributed by atoms with Crippen LogP contribution in [-0.4, -0.2) is 0 Å². The van der Waals surface area contributed by atoms with E-state index in [-0.39, 0.29) is 0 Å². The van der Waals surface area contributed by atoms with Gasteiger partial charge in [-0.05, 0) is 74.1 Å². The summed E-state index contributed by atoms with van der Waals surface area (Å²) in [4.78, 5) is 0. The molecule has 0 radical (unpaired) electrons. The van der Waals surface area contributed by atoms with Crippen LogP contribution in [0.25, 0.3) is 98.8 Å². The molecule has 2 heterocycles. The molecule has 46 heavy (non-hydrogen) atoms. The third kappa shape index (κ3) is 3.65. The van der Waals surface area contributed by atoms with E-state index in [0.29, 0.717) is 0 Å². The molecule has 0 saturated heterocycles. The average molecular weight is 587 g/mol. The van der Waals surface area contributed by atoms with Crippen LogP contribution in [0.1, 0.15) is 0 Å². The minimum absolute atomic E-state index is 0.864. The van der Waals surface area contributed by atoms with Crippen LogP contribution in [-0.2, 0) is 0 Å². The van der Waals surface area contributed by atoms with Crippen molar-refractivity contribution in [1.82, 2.24) is 0 Å². The monoisotopic (exact) mass is 586 g/mol. The first-order valence-corrected chi connectivity index (χ1v) is 15.7. The predicted octanol–water partition coefficient (Wildman–Crippen LogP) is 12.8. The molecule has 0 aliphatic rings. The minimum atomic E-state index is 0.864. The van der Waals surface area contributed by atoms with Gasteiger partial charge in [0.15, 0.2) is 0 Å². The molecule has 0 atom stereocenters. The molecule has 0 unspecified atom stereocenters. The van der Waals surface area contributed by atoms with E-state index in [1.54, 1.807) is 0 Å². The maximum absolute atomic E-state index is 6.81. The van der Waals surface area contributed by atoms with Crippen LogP contribution in [0.15, 0.2) is 167 Å². The zero-order chi connectivity index (χ0) is 30.2. The maximum atomic E-state index is 6.81. The molecule has 0 aliphatic carbocycles. The second-order valence-corrected chi connectivity index (χ2v) is 12.0. The summed E-state index contributed by atoms with van der Waals surface area (Å²) in [6.45, 7) is 0. The van der Waals surface area contributed by atoms with Crippen molar-refractivity contribution in [2.75, 3.05) is 0 Å². The lowest BCUT2D eigenvalue weighted by Crippen LogP contribution is -1.89. The number of rotatable bonds is 3. The van der Waals surface area contributed by atoms with E-state index in [0.717, 1.165) is 60.4 Å². The van der Waals surface area contributed by atoms with Crippen LogP contribution < -0.4 is 0 Å². The van der Waals surface area contributed by atoms with Gasteiger partial charge in [0.05, 0.1) is 0 Å². The van der Waals surface area contributed by atoms with E-state index in [1.807, 2.05) is 6.07 Å². The molecule has 0 N–H and O–H groups in total. The SMILES string of the molecule is c1ccc(-c2cccc3oc4cc(-c5c6ccccc6c(-c6ccc7ccccc7c6)c6c5oc5ccccc56)ccc4c23)cc1. The summed E-state index contributed by atoms with van der Waals surface area (Å²) in [5.41, 5.74) is 10.4. The fraction of sp³-hybridized carbons (Fsp3) is 0. The van der Waals surface area contributed by atoms with Gasteiger partial charge in [0.2, 0.25) is 0 Å². The van der Waals surface area contributed by atoms with Crippen molar-refractivity contribution in [2.45, 2.75) is 0 Å². The Morgan fingerprint density at radius 2 is 0.978 bits per heavy atom. The summed E-state index contributed by atoms with van der Waals surface area (Å²) < 4.78 is 13.4.